The minimum atomic E-state index is -0.0514. The Morgan fingerprint density at radius 3 is 2.71 bits per heavy atom. The summed E-state index contributed by atoms with van der Waals surface area (Å²) in [5.74, 6) is 0.892. The summed E-state index contributed by atoms with van der Waals surface area (Å²) < 4.78 is 6.30. The Balaban J connectivity index is 1.77. The van der Waals surface area contributed by atoms with Crippen LogP contribution in [0.4, 0.5) is 0 Å². The van der Waals surface area contributed by atoms with Gasteiger partial charge in [-0.05, 0) is 80.5 Å². The molecule has 0 aliphatic heterocycles. The lowest BCUT2D eigenvalue weighted by atomic mass is 9.67. The average molecular weight is 328 g/mol. The number of aromatic amines is 1. The Morgan fingerprint density at radius 1 is 1.38 bits per heavy atom. The predicted octanol–water partition coefficient (Wildman–Crippen LogP) is 3.90. The van der Waals surface area contributed by atoms with Gasteiger partial charge in [-0.25, -0.2) is 0 Å². The first kappa shape index (κ1) is 17.0. The molecule has 0 amide bonds. The molecule has 3 rings (SSSR count). The van der Waals surface area contributed by atoms with Gasteiger partial charge in [0.2, 0.25) is 0 Å². The van der Waals surface area contributed by atoms with E-state index >= 15 is 0 Å². The Bertz CT molecular complexity index is 771. The first-order chi connectivity index (χ1) is 11.4. The number of rotatable bonds is 4. The quantitative estimate of drug-likeness (QED) is 0.894. The van der Waals surface area contributed by atoms with Crippen molar-refractivity contribution in [3.05, 3.63) is 40.3 Å². The Morgan fingerprint density at radius 2 is 2.08 bits per heavy atom. The molecule has 1 heterocycles. The first-order valence-electron chi connectivity index (χ1n) is 8.99. The zero-order chi connectivity index (χ0) is 17.3. The third-order valence-electron chi connectivity index (χ3n) is 5.96. The highest BCUT2D eigenvalue weighted by molar-refractivity contribution is 5.83. The fraction of sp³-hybridized carbons (Fsp3) is 0.550. The molecule has 1 atom stereocenters. The van der Waals surface area contributed by atoms with Crippen LogP contribution >= 0.6 is 0 Å². The molecule has 0 radical (unpaired) electrons. The van der Waals surface area contributed by atoms with Crippen molar-refractivity contribution in [3.63, 3.8) is 0 Å². The van der Waals surface area contributed by atoms with Crippen LogP contribution < -0.4 is 16.0 Å². The van der Waals surface area contributed by atoms with E-state index in [9.17, 15) is 4.79 Å². The number of aromatic nitrogens is 1. The summed E-state index contributed by atoms with van der Waals surface area (Å²) in [7, 11) is 0. The van der Waals surface area contributed by atoms with Crippen molar-refractivity contribution in [2.75, 3.05) is 0 Å². The van der Waals surface area contributed by atoms with Crippen LogP contribution in [0.1, 0.15) is 51.5 Å². The third-order valence-corrected chi connectivity index (χ3v) is 5.96. The van der Waals surface area contributed by atoms with E-state index in [2.05, 4.69) is 18.8 Å². The second-order valence-electron chi connectivity index (χ2n) is 7.33. The van der Waals surface area contributed by atoms with Crippen molar-refractivity contribution in [1.82, 2.24) is 4.98 Å². The second kappa shape index (κ2) is 6.60. The maximum absolute atomic E-state index is 11.9. The number of hydrogen-bond acceptors (Lipinski definition) is 3. The SMILES string of the molecule is CCC1([C@@H](C)N)CCC(Oc2cc3cc[nH]c(=O)c3cc2C)CC1. The van der Waals surface area contributed by atoms with Crippen LogP contribution in [0.2, 0.25) is 0 Å². The molecule has 3 N–H and O–H groups in total. The van der Waals surface area contributed by atoms with Crippen molar-refractivity contribution < 1.29 is 4.74 Å². The molecule has 0 bridgehead atoms. The Hall–Kier alpha value is -1.81. The monoisotopic (exact) mass is 328 g/mol. The molecule has 0 spiro atoms. The number of benzene rings is 1. The zero-order valence-electron chi connectivity index (χ0n) is 14.9. The van der Waals surface area contributed by atoms with Crippen molar-refractivity contribution in [2.45, 2.75) is 65.0 Å². The van der Waals surface area contributed by atoms with Gasteiger partial charge >= 0.3 is 0 Å². The molecule has 0 saturated heterocycles. The summed E-state index contributed by atoms with van der Waals surface area (Å²) >= 11 is 0. The predicted molar refractivity (Wildman–Crippen MR) is 98.6 cm³/mol. The molecule has 24 heavy (non-hydrogen) atoms. The molecule has 0 unspecified atom stereocenters. The van der Waals surface area contributed by atoms with Gasteiger partial charge < -0.3 is 15.5 Å². The lowest BCUT2D eigenvalue weighted by molar-refractivity contribution is 0.0615. The van der Waals surface area contributed by atoms with Gasteiger partial charge in [-0.3, -0.25) is 4.79 Å². The molecule has 4 heteroatoms. The van der Waals surface area contributed by atoms with E-state index in [1.54, 1.807) is 6.20 Å². The summed E-state index contributed by atoms with van der Waals surface area (Å²) in [6.07, 6.45) is 7.39. The highest BCUT2D eigenvalue weighted by Crippen LogP contribution is 2.42. The van der Waals surface area contributed by atoms with Crippen LogP contribution in [-0.2, 0) is 0 Å². The number of H-pyrrole nitrogens is 1. The smallest absolute Gasteiger partial charge is 0.255 e. The van der Waals surface area contributed by atoms with Crippen LogP contribution in [0.3, 0.4) is 0 Å². The molecule has 1 aliphatic carbocycles. The lowest BCUT2D eigenvalue weighted by Gasteiger charge is -2.42. The van der Waals surface area contributed by atoms with Gasteiger partial charge in [-0.2, -0.15) is 0 Å². The van der Waals surface area contributed by atoms with Crippen molar-refractivity contribution in [3.8, 4) is 5.75 Å². The van der Waals surface area contributed by atoms with E-state index in [1.807, 2.05) is 25.1 Å². The minimum Gasteiger partial charge on any atom is -0.490 e. The van der Waals surface area contributed by atoms with Crippen LogP contribution in [0.25, 0.3) is 10.8 Å². The zero-order valence-corrected chi connectivity index (χ0v) is 14.9. The number of nitrogens with two attached hydrogens (primary N) is 1. The summed E-state index contributed by atoms with van der Waals surface area (Å²) in [6, 6.07) is 6.07. The molecule has 1 fully saturated rings. The Labute approximate surface area is 143 Å². The van der Waals surface area contributed by atoms with Gasteiger partial charge in [0, 0.05) is 17.6 Å². The fourth-order valence-electron chi connectivity index (χ4n) is 4.04. The fourth-order valence-corrected chi connectivity index (χ4v) is 4.04. The topological polar surface area (TPSA) is 68.1 Å². The highest BCUT2D eigenvalue weighted by Gasteiger charge is 2.37. The van der Waals surface area contributed by atoms with Gasteiger partial charge in [0.05, 0.1) is 6.10 Å². The molecule has 4 nitrogen and oxygen atoms in total. The molecular formula is C20H28N2O2. The summed E-state index contributed by atoms with van der Waals surface area (Å²) in [6.45, 7) is 6.38. The van der Waals surface area contributed by atoms with Gasteiger partial charge in [0.1, 0.15) is 5.75 Å². The highest BCUT2D eigenvalue weighted by atomic mass is 16.5. The maximum atomic E-state index is 11.9. The van der Waals surface area contributed by atoms with E-state index in [0.29, 0.717) is 5.39 Å². The summed E-state index contributed by atoms with van der Waals surface area (Å²) in [4.78, 5) is 14.6. The second-order valence-corrected chi connectivity index (χ2v) is 7.33. The van der Waals surface area contributed by atoms with E-state index < -0.39 is 0 Å². The van der Waals surface area contributed by atoms with E-state index in [0.717, 1.165) is 48.8 Å². The number of aryl methyl sites for hydroxylation is 1. The largest absolute Gasteiger partial charge is 0.490 e. The van der Waals surface area contributed by atoms with Crippen LogP contribution in [0.5, 0.6) is 5.75 Å². The Kier molecular flexibility index (Phi) is 4.68. The average Bonchev–Trinajstić information content (AvgIpc) is 2.57. The molecule has 130 valence electrons. The van der Waals surface area contributed by atoms with Crippen LogP contribution in [0, 0.1) is 12.3 Å². The van der Waals surface area contributed by atoms with Gasteiger partial charge in [0.15, 0.2) is 0 Å². The standard InChI is InChI=1S/C20H28N2O2/c1-4-20(14(3)21)8-5-16(6-9-20)24-18-12-15-7-10-22-19(23)17(15)11-13(18)2/h7,10-12,14,16H,4-6,8-9,21H2,1-3H3,(H,22,23)/t14-,16?,20?/m1/s1. The number of hydrogen-bond donors (Lipinski definition) is 2. The van der Waals surface area contributed by atoms with Crippen molar-refractivity contribution >= 4 is 10.8 Å². The summed E-state index contributed by atoms with van der Waals surface area (Å²) in [5.41, 5.74) is 7.47. The van der Waals surface area contributed by atoms with Crippen LogP contribution in [0.15, 0.2) is 29.2 Å². The van der Waals surface area contributed by atoms with Crippen molar-refractivity contribution in [2.24, 2.45) is 11.1 Å². The lowest BCUT2D eigenvalue weighted by Crippen LogP contribution is -2.43. The molecule has 1 saturated carbocycles. The number of pyridine rings is 1. The molecule has 1 aliphatic rings. The third kappa shape index (κ3) is 3.07. The maximum Gasteiger partial charge on any atom is 0.255 e. The van der Waals surface area contributed by atoms with Gasteiger partial charge in [0.25, 0.3) is 5.56 Å². The molecule has 1 aromatic carbocycles. The van der Waals surface area contributed by atoms with Gasteiger partial charge in [-0.15, -0.1) is 0 Å². The van der Waals surface area contributed by atoms with Crippen LogP contribution in [-0.4, -0.2) is 17.1 Å². The number of nitrogens with one attached hydrogen (secondary N) is 1. The van der Waals surface area contributed by atoms with Gasteiger partial charge in [-0.1, -0.05) is 6.92 Å². The number of ether oxygens (including phenoxy) is 1. The van der Waals surface area contributed by atoms with E-state index in [4.69, 9.17) is 10.5 Å². The summed E-state index contributed by atoms with van der Waals surface area (Å²) in [5, 5.41) is 1.64. The van der Waals surface area contributed by atoms with Crippen molar-refractivity contribution in [1.29, 1.82) is 0 Å². The molecule has 1 aromatic heterocycles. The molecular weight excluding hydrogens is 300 g/mol. The normalized spacial score (nSPS) is 25.6. The number of fused-ring (bicyclic) bond motifs is 1. The van der Waals surface area contributed by atoms with E-state index in [-0.39, 0.29) is 23.1 Å². The van der Waals surface area contributed by atoms with E-state index in [1.165, 1.54) is 0 Å². The minimum absolute atomic E-state index is 0.0514. The first-order valence-corrected chi connectivity index (χ1v) is 8.99. The molecule has 2 aromatic rings.